The first kappa shape index (κ1) is 15.8. The van der Waals surface area contributed by atoms with Crippen molar-refractivity contribution in [2.75, 3.05) is 19.7 Å². The Morgan fingerprint density at radius 1 is 1.24 bits per heavy atom. The molecule has 1 amide bonds. The van der Waals surface area contributed by atoms with Crippen LogP contribution in [0.5, 0.6) is 0 Å². The smallest absolute Gasteiger partial charge is 0.227 e. The highest BCUT2D eigenvalue weighted by molar-refractivity contribution is 5.85. The van der Waals surface area contributed by atoms with E-state index in [1.807, 2.05) is 23.1 Å². The highest BCUT2D eigenvalue weighted by Gasteiger charge is 2.28. The third-order valence-corrected chi connectivity index (χ3v) is 4.42. The summed E-state index contributed by atoms with van der Waals surface area (Å²) in [5.41, 5.74) is 1.02. The minimum atomic E-state index is -0.327. The van der Waals surface area contributed by atoms with Crippen molar-refractivity contribution in [1.29, 1.82) is 0 Å². The molecule has 0 aliphatic carbocycles. The number of nitrogens with zero attached hydrogens (tertiary/aromatic N) is 3. The molecule has 1 aliphatic heterocycles. The highest BCUT2D eigenvalue weighted by atomic mass is 16.5. The molecule has 1 saturated heterocycles. The fourth-order valence-electron chi connectivity index (χ4n) is 3.11. The molecule has 0 spiro atoms. The second kappa shape index (κ2) is 6.64. The number of morpholine rings is 1. The van der Waals surface area contributed by atoms with Gasteiger partial charge in [0.1, 0.15) is 6.10 Å². The Balaban J connectivity index is 1.46. The van der Waals surface area contributed by atoms with Crippen molar-refractivity contribution in [3.05, 3.63) is 59.7 Å². The third-order valence-electron chi connectivity index (χ3n) is 4.42. The van der Waals surface area contributed by atoms with E-state index >= 15 is 0 Å². The zero-order valence-corrected chi connectivity index (χ0v) is 14.0. The van der Waals surface area contributed by atoms with Gasteiger partial charge in [-0.1, -0.05) is 47.6 Å². The van der Waals surface area contributed by atoms with Gasteiger partial charge in [0.05, 0.1) is 19.6 Å². The number of benzene rings is 2. The fourth-order valence-corrected chi connectivity index (χ4v) is 3.11. The topological polar surface area (TPSA) is 68.5 Å². The zero-order valence-electron chi connectivity index (χ0n) is 14.0. The lowest BCUT2D eigenvalue weighted by molar-refractivity contribution is -0.138. The number of hydrogen-bond acceptors (Lipinski definition) is 5. The van der Waals surface area contributed by atoms with Gasteiger partial charge in [-0.05, 0) is 16.3 Å². The first-order valence-corrected chi connectivity index (χ1v) is 8.36. The lowest BCUT2D eigenvalue weighted by Gasteiger charge is -2.31. The summed E-state index contributed by atoms with van der Waals surface area (Å²) >= 11 is 0. The number of hydrogen-bond donors (Lipinski definition) is 0. The quantitative estimate of drug-likeness (QED) is 0.735. The van der Waals surface area contributed by atoms with E-state index in [1.54, 1.807) is 6.92 Å². The molecule has 1 aromatic heterocycles. The number of carbonyl (C=O) groups excluding carboxylic acids is 1. The predicted molar refractivity (Wildman–Crippen MR) is 92.0 cm³/mol. The molecule has 25 heavy (non-hydrogen) atoms. The van der Waals surface area contributed by atoms with Gasteiger partial charge in [-0.2, -0.15) is 4.98 Å². The first-order chi connectivity index (χ1) is 12.2. The van der Waals surface area contributed by atoms with E-state index in [4.69, 9.17) is 9.26 Å². The predicted octanol–water partition coefficient (Wildman–Crippen LogP) is 2.67. The second-order valence-electron chi connectivity index (χ2n) is 6.23. The van der Waals surface area contributed by atoms with E-state index in [0.717, 1.165) is 10.9 Å². The monoisotopic (exact) mass is 337 g/mol. The van der Waals surface area contributed by atoms with Crippen LogP contribution in [-0.2, 0) is 16.0 Å². The van der Waals surface area contributed by atoms with Crippen LogP contribution in [0.15, 0.2) is 47.0 Å². The molecule has 1 fully saturated rings. The van der Waals surface area contributed by atoms with Gasteiger partial charge in [0, 0.05) is 13.5 Å². The van der Waals surface area contributed by atoms with Crippen LogP contribution in [0.25, 0.3) is 10.8 Å². The average Bonchev–Trinajstić information content (AvgIpc) is 3.08. The molecule has 3 aromatic rings. The Hall–Kier alpha value is -2.73. The van der Waals surface area contributed by atoms with E-state index in [9.17, 15) is 4.79 Å². The summed E-state index contributed by atoms with van der Waals surface area (Å²) in [6.07, 6.45) is 0.0507. The molecule has 128 valence electrons. The van der Waals surface area contributed by atoms with Crippen LogP contribution in [0, 0.1) is 6.92 Å². The molecule has 2 aromatic carbocycles. The second-order valence-corrected chi connectivity index (χ2v) is 6.23. The van der Waals surface area contributed by atoms with Crippen LogP contribution in [0.4, 0.5) is 0 Å². The van der Waals surface area contributed by atoms with Gasteiger partial charge in [-0.25, -0.2) is 0 Å². The number of ether oxygens (including phenoxy) is 1. The van der Waals surface area contributed by atoms with Crippen LogP contribution >= 0.6 is 0 Å². The Bertz CT molecular complexity index is 906. The lowest BCUT2D eigenvalue weighted by atomic mass is 10.0. The van der Waals surface area contributed by atoms with Crippen LogP contribution in [0.2, 0.25) is 0 Å². The summed E-state index contributed by atoms with van der Waals surface area (Å²) in [6, 6.07) is 14.3. The summed E-state index contributed by atoms with van der Waals surface area (Å²) in [5, 5.41) is 6.23. The van der Waals surface area contributed by atoms with Crippen molar-refractivity contribution in [2.45, 2.75) is 19.4 Å². The number of amides is 1. The fraction of sp³-hybridized carbons (Fsp3) is 0.316. The Kier molecular flexibility index (Phi) is 4.19. The van der Waals surface area contributed by atoms with Gasteiger partial charge in [-0.3, -0.25) is 4.79 Å². The molecule has 4 rings (SSSR count). The average molecular weight is 337 g/mol. The number of carbonyl (C=O) groups is 1. The largest absolute Gasteiger partial charge is 0.366 e. The maximum absolute atomic E-state index is 12.7. The van der Waals surface area contributed by atoms with Crippen molar-refractivity contribution in [2.24, 2.45) is 0 Å². The van der Waals surface area contributed by atoms with Gasteiger partial charge >= 0.3 is 0 Å². The molecule has 6 heteroatoms. The molecular weight excluding hydrogens is 318 g/mol. The van der Waals surface area contributed by atoms with Gasteiger partial charge in [-0.15, -0.1) is 0 Å². The van der Waals surface area contributed by atoms with Crippen LogP contribution in [0.3, 0.4) is 0 Å². The normalized spacial score (nSPS) is 17.8. The van der Waals surface area contributed by atoms with Crippen molar-refractivity contribution >= 4 is 16.7 Å². The minimum Gasteiger partial charge on any atom is -0.366 e. The summed E-state index contributed by atoms with van der Waals surface area (Å²) < 4.78 is 10.7. The molecule has 1 aliphatic rings. The van der Waals surface area contributed by atoms with Crippen molar-refractivity contribution in [1.82, 2.24) is 15.0 Å². The number of aryl methyl sites for hydroxylation is 1. The van der Waals surface area contributed by atoms with Crippen molar-refractivity contribution < 1.29 is 14.1 Å². The van der Waals surface area contributed by atoms with Crippen LogP contribution in [-0.4, -0.2) is 40.6 Å². The first-order valence-electron chi connectivity index (χ1n) is 8.36. The van der Waals surface area contributed by atoms with Crippen molar-refractivity contribution in [3.8, 4) is 0 Å². The highest BCUT2D eigenvalue weighted by Crippen LogP contribution is 2.21. The molecule has 0 saturated carbocycles. The molecule has 0 N–H and O–H groups in total. The molecular formula is C19H19N3O3. The van der Waals surface area contributed by atoms with Gasteiger partial charge in [0.2, 0.25) is 17.6 Å². The molecule has 6 nitrogen and oxygen atoms in total. The Morgan fingerprint density at radius 3 is 2.88 bits per heavy atom. The van der Waals surface area contributed by atoms with E-state index in [1.165, 1.54) is 5.39 Å². The summed E-state index contributed by atoms with van der Waals surface area (Å²) in [6.45, 7) is 3.24. The van der Waals surface area contributed by atoms with Crippen LogP contribution < -0.4 is 0 Å². The minimum absolute atomic E-state index is 0.0868. The summed E-state index contributed by atoms with van der Waals surface area (Å²) in [7, 11) is 0. The summed E-state index contributed by atoms with van der Waals surface area (Å²) in [5.74, 6) is 1.09. The van der Waals surface area contributed by atoms with Gasteiger partial charge in [0.15, 0.2) is 0 Å². The van der Waals surface area contributed by atoms with Crippen LogP contribution in [0.1, 0.15) is 23.4 Å². The van der Waals surface area contributed by atoms with E-state index in [-0.39, 0.29) is 12.0 Å². The van der Waals surface area contributed by atoms with E-state index in [2.05, 4.69) is 34.4 Å². The SMILES string of the molecule is Cc1nc([C@H]2CN(C(=O)Cc3ccc4ccccc4c3)CCO2)no1. The number of aromatic nitrogens is 2. The zero-order chi connectivity index (χ0) is 17.2. The molecule has 0 radical (unpaired) electrons. The van der Waals surface area contributed by atoms with E-state index < -0.39 is 0 Å². The molecule has 2 heterocycles. The van der Waals surface area contributed by atoms with Gasteiger partial charge in [0.25, 0.3) is 0 Å². The third kappa shape index (κ3) is 3.39. The number of fused-ring (bicyclic) bond motifs is 1. The Morgan fingerprint density at radius 2 is 2.08 bits per heavy atom. The van der Waals surface area contributed by atoms with Crippen molar-refractivity contribution in [3.63, 3.8) is 0 Å². The van der Waals surface area contributed by atoms with E-state index in [0.29, 0.717) is 37.8 Å². The molecule has 0 unspecified atom stereocenters. The summed E-state index contributed by atoms with van der Waals surface area (Å²) in [4.78, 5) is 18.7. The standard InChI is InChI=1S/C19H19N3O3/c1-13-20-19(21-25-13)17-12-22(8-9-24-17)18(23)11-14-6-7-15-4-2-3-5-16(15)10-14/h2-7,10,17H,8-9,11-12H2,1H3/t17-/m1/s1. The Labute approximate surface area is 145 Å². The maximum atomic E-state index is 12.7. The lowest BCUT2D eigenvalue weighted by Crippen LogP contribution is -2.43. The maximum Gasteiger partial charge on any atom is 0.227 e. The molecule has 0 bridgehead atoms. The molecule has 1 atom stereocenters. The number of rotatable bonds is 3. The van der Waals surface area contributed by atoms with Gasteiger partial charge < -0.3 is 14.2 Å².